The van der Waals surface area contributed by atoms with Crippen molar-refractivity contribution in [2.24, 2.45) is 0 Å². The fourth-order valence-corrected chi connectivity index (χ4v) is 4.36. The molecule has 6 heteroatoms. The number of piperidine rings is 1. The zero-order valence-electron chi connectivity index (χ0n) is 17.0. The van der Waals surface area contributed by atoms with Crippen LogP contribution in [-0.2, 0) is 16.1 Å². The summed E-state index contributed by atoms with van der Waals surface area (Å²) in [5, 5.41) is 0. The standard InChI is InChI=1S/C23H27FN2O3/c1-17-12-21(28-2)9-4-18(17)13-25-11-3-10-23(15-25)16-26(22(27)14-29-23)20-7-5-19(24)6-8-20/h4-9,12H,3,10-11,13-16H2,1-2H3. The molecule has 0 saturated carbocycles. The lowest BCUT2D eigenvalue weighted by Crippen LogP contribution is -2.61. The fraction of sp³-hybridized carbons (Fsp3) is 0.435. The molecule has 5 nitrogen and oxygen atoms in total. The number of carbonyl (C=O) groups excluding carboxylic acids is 1. The Hall–Kier alpha value is -2.44. The average Bonchev–Trinajstić information content (AvgIpc) is 2.72. The van der Waals surface area contributed by atoms with Crippen LogP contribution in [0.3, 0.4) is 0 Å². The molecule has 2 aromatic carbocycles. The molecule has 1 atom stereocenters. The molecule has 154 valence electrons. The summed E-state index contributed by atoms with van der Waals surface area (Å²) < 4.78 is 24.7. The maximum atomic E-state index is 13.3. The Labute approximate surface area is 171 Å². The topological polar surface area (TPSA) is 42.0 Å². The molecule has 2 aromatic rings. The molecule has 2 aliphatic rings. The largest absolute Gasteiger partial charge is 0.497 e. The summed E-state index contributed by atoms with van der Waals surface area (Å²) in [5.41, 5.74) is 2.81. The van der Waals surface area contributed by atoms with E-state index in [-0.39, 0.29) is 23.9 Å². The van der Waals surface area contributed by atoms with Crippen LogP contribution in [0.25, 0.3) is 0 Å². The first-order valence-electron chi connectivity index (χ1n) is 10.0. The van der Waals surface area contributed by atoms with E-state index < -0.39 is 0 Å². The van der Waals surface area contributed by atoms with Gasteiger partial charge in [0.05, 0.1) is 19.3 Å². The van der Waals surface area contributed by atoms with Crippen molar-refractivity contribution in [3.8, 4) is 5.75 Å². The summed E-state index contributed by atoms with van der Waals surface area (Å²) in [5.74, 6) is 0.485. The van der Waals surface area contributed by atoms with Gasteiger partial charge in [-0.15, -0.1) is 0 Å². The number of benzene rings is 2. The van der Waals surface area contributed by atoms with Crippen LogP contribution in [0.1, 0.15) is 24.0 Å². The Morgan fingerprint density at radius 2 is 1.97 bits per heavy atom. The van der Waals surface area contributed by atoms with Crippen LogP contribution in [0.15, 0.2) is 42.5 Å². The van der Waals surface area contributed by atoms with Crippen molar-refractivity contribution in [2.75, 3.05) is 38.3 Å². The summed E-state index contributed by atoms with van der Waals surface area (Å²) in [6.07, 6.45) is 1.93. The third kappa shape index (κ3) is 4.28. The Morgan fingerprint density at radius 1 is 1.17 bits per heavy atom. The SMILES string of the molecule is COc1ccc(CN2CCCC3(C2)CN(c2ccc(F)cc2)C(=O)CO3)c(C)c1. The van der Waals surface area contributed by atoms with Crippen molar-refractivity contribution in [1.29, 1.82) is 0 Å². The molecule has 1 amide bonds. The highest BCUT2D eigenvalue weighted by molar-refractivity contribution is 5.95. The fourth-order valence-electron chi connectivity index (χ4n) is 4.36. The third-order valence-corrected chi connectivity index (χ3v) is 5.95. The second-order valence-corrected chi connectivity index (χ2v) is 8.03. The van der Waals surface area contributed by atoms with Gasteiger partial charge >= 0.3 is 0 Å². The average molecular weight is 398 g/mol. The van der Waals surface area contributed by atoms with Crippen LogP contribution < -0.4 is 9.64 Å². The van der Waals surface area contributed by atoms with E-state index in [0.717, 1.165) is 43.9 Å². The van der Waals surface area contributed by atoms with Gasteiger partial charge in [-0.1, -0.05) is 6.07 Å². The number of anilines is 1. The van der Waals surface area contributed by atoms with Gasteiger partial charge in [0.15, 0.2) is 0 Å². The van der Waals surface area contributed by atoms with Crippen LogP contribution in [0.2, 0.25) is 0 Å². The van der Waals surface area contributed by atoms with Crippen LogP contribution in [0, 0.1) is 12.7 Å². The van der Waals surface area contributed by atoms with Gasteiger partial charge in [0.1, 0.15) is 18.2 Å². The summed E-state index contributed by atoms with van der Waals surface area (Å²) in [4.78, 5) is 16.6. The smallest absolute Gasteiger partial charge is 0.253 e. The minimum atomic E-state index is -0.388. The maximum Gasteiger partial charge on any atom is 0.253 e. The van der Waals surface area contributed by atoms with Crippen molar-refractivity contribution in [3.63, 3.8) is 0 Å². The van der Waals surface area contributed by atoms with Crippen LogP contribution >= 0.6 is 0 Å². The molecule has 2 fully saturated rings. The van der Waals surface area contributed by atoms with Gasteiger partial charge in [-0.2, -0.15) is 0 Å². The second-order valence-electron chi connectivity index (χ2n) is 8.03. The van der Waals surface area contributed by atoms with E-state index in [2.05, 4.69) is 24.0 Å². The molecule has 4 rings (SSSR count). The Morgan fingerprint density at radius 3 is 2.69 bits per heavy atom. The number of ether oxygens (including phenoxy) is 2. The van der Waals surface area contributed by atoms with Crippen molar-refractivity contribution in [1.82, 2.24) is 4.90 Å². The summed E-state index contributed by atoms with van der Waals surface area (Å²) in [6.45, 7) is 5.27. The van der Waals surface area contributed by atoms with Crippen molar-refractivity contribution in [3.05, 3.63) is 59.4 Å². The predicted molar refractivity (Wildman–Crippen MR) is 110 cm³/mol. The second kappa shape index (κ2) is 8.13. The molecule has 2 aliphatic heterocycles. The molecule has 0 bridgehead atoms. The number of carbonyl (C=O) groups is 1. The van der Waals surface area contributed by atoms with E-state index in [9.17, 15) is 9.18 Å². The van der Waals surface area contributed by atoms with E-state index in [0.29, 0.717) is 6.54 Å². The van der Waals surface area contributed by atoms with Crippen LogP contribution in [-0.4, -0.2) is 49.8 Å². The van der Waals surface area contributed by atoms with E-state index in [1.54, 1.807) is 24.1 Å². The number of morpholine rings is 1. The number of nitrogens with zero attached hydrogens (tertiary/aromatic N) is 2. The first-order chi connectivity index (χ1) is 14.0. The van der Waals surface area contributed by atoms with Gasteiger partial charge in [-0.05, 0) is 73.8 Å². The quantitative estimate of drug-likeness (QED) is 0.790. The third-order valence-electron chi connectivity index (χ3n) is 5.95. The first kappa shape index (κ1) is 19.9. The molecule has 1 spiro atoms. The summed E-state index contributed by atoms with van der Waals surface area (Å²) in [7, 11) is 1.68. The van der Waals surface area contributed by atoms with Gasteiger partial charge in [0.25, 0.3) is 5.91 Å². The van der Waals surface area contributed by atoms with Gasteiger partial charge in [0, 0.05) is 18.8 Å². The summed E-state index contributed by atoms with van der Waals surface area (Å²) >= 11 is 0. The molecular formula is C23H27FN2O3. The lowest BCUT2D eigenvalue weighted by atomic mass is 9.90. The van der Waals surface area contributed by atoms with Gasteiger partial charge < -0.3 is 14.4 Å². The van der Waals surface area contributed by atoms with E-state index in [4.69, 9.17) is 9.47 Å². The minimum Gasteiger partial charge on any atom is -0.497 e. The lowest BCUT2D eigenvalue weighted by molar-refractivity contribution is -0.146. The Balaban J connectivity index is 1.49. The number of rotatable bonds is 4. The highest BCUT2D eigenvalue weighted by Crippen LogP contribution is 2.33. The Kier molecular flexibility index (Phi) is 5.56. The Bertz CT molecular complexity index is 886. The van der Waals surface area contributed by atoms with Crippen LogP contribution in [0.4, 0.5) is 10.1 Å². The van der Waals surface area contributed by atoms with Gasteiger partial charge in [0.2, 0.25) is 0 Å². The number of halogens is 1. The lowest BCUT2D eigenvalue weighted by Gasteiger charge is -2.47. The van der Waals surface area contributed by atoms with Crippen LogP contribution in [0.5, 0.6) is 5.75 Å². The molecule has 0 aromatic heterocycles. The molecule has 2 heterocycles. The van der Waals surface area contributed by atoms with Crippen molar-refractivity contribution in [2.45, 2.75) is 31.9 Å². The molecule has 29 heavy (non-hydrogen) atoms. The molecular weight excluding hydrogens is 371 g/mol. The normalized spacial score (nSPS) is 22.9. The van der Waals surface area contributed by atoms with Crippen molar-refractivity contribution >= 4 is 11.6 Å². The number of aryl methyl sites for hydroxylation is 1. The van der Waals surface area contributed by atoms with E-state index in [1.165, 1.54) is 23.3 Å². The molecule has 1 unspecified atom stereocenters. The highest BCUT2D eigenvalue weighted by Gasteiger charge is 2.43. The molecule has 0 N–H and O–H groups in total. The summed E-state index contributed by atoms with van der Waals surface area (Å²) in [6, 6.07) is 12.3. The number of likely N-dealkylation sites (tertiary alicyclic amines) is 1. The monoisotopic (exact) mass is 398 g/mol. The zero-order valence-corrected chi connectivity index (χ0v) is 17.0. The number of hydrogen-bond donors (Lipinski definition) is 0. The number of amides is 1. The predicted octanol–water partition coefficient (Wildman–Crippen LogP) is 3.54. The number of methoxy groups -OCH3 is 1. The molecule has 2 saturated heterocycles. The van der Waals surface area contributed by atoms with Crippen molar-refractivity contribution < 1.29 is 18.7 Å². The van der Waals surface area contributed by atoms with E-state index >= 15 is 0 Å². The van der Waals surface area contributed by atoms with E-state index in [1.807, 2.05) is 6.07 Å². The maximum absolute atomic E-state index is 13.3. The molecule has 0 aliphatic carbocycles. The first-order valence-corrected chi connectivity index (χ1v) is 10.0. The zero-order chi connectivity index (χ0) is 20.4. The van der Waals surface area contributed by atoms with Gasteiger partial charge in [-0.25, -0.2) is 4.39 Å². The molecule has 0 radical (unpaired) electrons. The van der Waals surface area contributed by atoms with Gasteiger partial charge in [-0.3, -0.25) is 9.69 Å². The minimum absolute atomic E-state index is 0.0623. The highest BCUT2D eigenvalue weighted by atomic mass is 19.1. The number of hydrogen-bond acceptors (Lipinski definition) is 4.